The Balaban J connectivity index is 2.29. The Labute approximate surface area is 125 Å². The van der Waals surface area contributed by atoms with Crippen LogP contribution in [0.25, 0.3) is 0 Å². The molecular weight excluding hydrogens is 268 g/mol. The molecule has 0 spiro atoms. The smallest absolute Gasteiger partial charge is 0.326 e. The van der Waals surface area contributed by atoms with E-state index in [9.17, 15) is 14.7 Å². The van der Waals surface area contributed by atoms with Gasteiger partial charge in [-0.15, -0.1) is 0 Å². The Morgan fingerprint density at radius 2 is 2.10 bits per heavy atom. The highest BCUT2D eigenvalue weighted by Crippen LogP contribution is 2.30. The summed E-state index contributed by atoms with van der Waals surface area (Å²) in [5.74, 6) is -0.603. The third-order valence-electron chi connectivity index (χ3n) is 4.02. The number of nitrogens with zero attached hydrogens (tertiary/aromatic N) is 2. The number of fused-ring (bicyclic) bond motifs is 1. The molecule has 1 aliphatic rings. The molecule has 0 fully saturated rings. The molecular formula is C16H22N2O3. The number of anilines is 1. The van der Waals surface area contributed by atoms with E-state index in [0.717, 1.165) is 17.7 Å². The summed E-state index contributed by atoms with van der Waals surface area (Å²) in [7, 11) is 1.56. The normalized spacial score (nSPS) is 18.8. The number of carbonyl (C=O) groups is 2. The van der Waals surface area contributed by atoms with Gasteiger partial charge < -0.3 is 10.0 Å². The van der Waals surface area contributed by atoms with Crippen LogP contribution in [-0.4, -0.2) is 41.6 Å². The summed E-state index contributed by atoms with van der Waals surface area (Å²) in [5, 5.41) is 9.23. The largest absolute Gasteiger partial charge is 0.480 e. The van der Waals surface area contributed by atoms with Gasteiger partial charge in [-0.1, -0.05) is 32.0 Å². The summed E-state index contributed by atoms with van der Waals surface area (Å²) in [6, 6.07) is 6.79. The number of carboxylic acids is 1. The van der Waals surface area contributed by atoms with Crippen LogP contribution in [-0.2, 0) is 11.2 Å². The number of carbonyl (C=O) groups excluding carboxylic acids is 1. The molecule has 2 rings (SSSR count). The van der Waals surface area contributed by atoms with Gasteiger partial charge >= 0.3 is 12.0 Å². The fourth-order valence-corrected chi connectivity index (χ4v) is 2.92. The van der Waals surface area contributed by atoms with Crippen LogP contribution in [0.15, 0.2) is 24.3 Å². The van der Waals surface area contributed by atoms with E-state index >= 15 is 0 Å². The van der Waals surface area contributed by atoms with Gasteiger partial charge in [0.1, 0.15) is 6.04 Å². The van der Waals surface area contributed by atoms with Crippen LogP contribution in [0, 0.1) is 5.92 Å². The van der Waals surface area contributed by atoms with Crippen LogP contribution in [0.1, 0.15) is 25.8 Å². The third-order valence-corrected chi connectivity index (χ3v) is 4.02. The van der Waals surface area contributed by atoms with Gasteiger partial charge in [0.15, 0.2) is 0 Å². The number of urea groups is 1. The Hall–Kier alpha value is -2.04. The minimum absolute atomic E-state index is 0.247. The molecule has 0 aliphatic carbocycles. The summed E-state index contributed by atoms with van der Waals surface area (Å²) in [6.07, 6.45) is 1.34. The summed E-state index contributed by atoms with van der Waals surface area (Å²) >= 11 is 0. The van der Waals surface area contributed by atoms with E-state index in [2.05, 4.69) is 6.92 Å². The fourth-order valence-electron chi connectivity index (χ4n) is 2.92. The average molecular weight is 290 g/mol. The Morgan fingerprint density at radius 3 is 2.71 bits per heavy atom. The first kappa shape index (κ1) is 15.4. The van der Waals surface area contributed by atoms with Crippen LogP contribution in [0.3, 0.4) is 0 Å². The van der Waals surface area contributed by atoms with Gasteiger partial charge in [-0.25, -0.2) is 9.59 Å². The molecule has 5 heteroatoms. The molecule has 1 heterocycles. The van der Waals surface area contributed by atoms with Gasteiger partial charge in [-0.05, 0) is 30.4 Å². The maximum atomic E-state index is 12.7. The fraction of sp³-hybridized carbons (Fsp3) is 0.500. The van der Waals surface area contributed by atoms with Crippen molar-refractivity contribution in [3.63, 3.8) is 0 Å². The lowest BCUT2D eigenvalue weighted by atomic mass is 9.94. The highest BCUT2D eigenvalue weighted by molar-refractivity contribution is 5.95. The zero-order valence-corrected chi connectivity index (χ0v) is 12.7. The molecule has 2 amide bonds. The van der Waals surface area contributed by atoms with Gasteiger partial charge in [-0.2, -0.15) is 0 Å². The van der Waals surface area contributed by atoms with Crippen molar-refractivity contribution >= 4 is 17.7 Å². The number of rotatable bonds is 3. The molecule has 1 aliphatic heterocycles. The van der Waals surface area contributed by atoms with E-state index in [-0.39, 0.29) is 6.03 Å². The lowest BCUT2D eigenvalue weighted by Crippen LogP contribution is -2.51. The van der Waals surface area contributed by atoms with Crippen molar-refractivity contribution in [2.24, 2.45) is 5.92 Å². The van der Waals surface area contributed by atoms with Crippen molar-refractivity contribution in [1.29, 1.82) is 0 Å². The molecule has 0 radical (unpaired) electrons. The predicted molar refractivity (Wildman–Crippen MR) is 81.5 cm³/mol. The van der Waals surface area contributed by atoms with Crippen LogP contribution in [0.4, 0.5) is 10.5 Å². The summed E-state index contributed by atoms with van der Waals surface area (Å²) in [5.41, 5.74) is 2.04. The van der Waals surface area contributed by atoms with Crippen LogP contribution in [0.5, 0.6) is 0 Å². The minimum atomic E-state index is -0.966. The Kier molecular flexibility index (Phi) is 4.50. The monoisotopic (exact) mass is 290 g/mol. The van der Waals surface area contributed by atoms with Gasteiger partial charge in [0.05, 0.1) is 0 Å². The SMILES string of the molecule is CCC(C(=O)O)N(C)C(=O)N1CC(C)Cc2ccccc21. The molecule has 21 heavy (non-hydrogen) atoms. The van der Waals surface area contributed by atoms with Crippen molar-refractivity contribution in [3.05, 3.63) is 29.8 Å². The number of hydrogen-bond donors (Lipinski definition) is 1. The van der Waals surface area contributed by atoms with Crippen molar-refractivity contribution in [1.82, 2.24) is 4.90 Å². The van der Waals surface area contributed by atoms with Gasteiger partial charge in [0.25, 0.3) is 0 Å². The van der Waals surface area contributed by atoms with Crippen molar-refractivity contribution in [3.8, 4) is 0 Å². The Morgan fingerprint density at radius 1 is 1.43 bits per heavy atom. The van der Waals surface area contributed by atoms with Crippen molar-refractivity contribution < 1.29 is 14.7 Å². The second kappa shape index (κ2) is 6.16. The minimum Gasteiger partial charge on any atom is -0.480 e. The zero-order chi connectivity index (χ0) is 15.6. The quantitative estimate of drug-likeness (QED) is 0.930. The van der Waals surface area contributed by atoms with Crippen LogP contribution >= 0.6 is 0 Å². The van der Waals surface area contributed by atoms with Gasteiger partial charge in [0, 0.05) is 19.3 Å². The van der Waals surface area contributed by atoms with E-state index < -0.39 is 12.0 Å². The average Bonchev–Trinajstić information content (AvgIpc) is 2.45. The standard InChI is InChI=1S/C16H22N2O3/c1-4-13(15(19)20)17(3)16(21)18-10-11(2)9-12-7-5-6-8-14(12)18/h5-8,11,13H,4,9-10H2,1-3H3,(H,19,20). The van der Waals surface area contributed by atoms with Gasteiger partial charge in [0.2, 0.25) is 0 Å². The van der Waals surface area contributed by atoms with E-state index in [0.29, 0.717) is 18.9 Å². The lowest BCUT2D eigenvalue weighted by Gasteiger charge is -2.37. The highest BCUT2D eigenvalue weighted by Gasteiger charge is 2.32. The number of para-hydroxylation sites is 1. The molecule has 1 N–H and O–H groups in total. The summed E-state index contributed by atoms with van der Waals surface area (Å²) in [4.78, 5) is 27.0. The number of benzene rings is 1. The third kappa shape index (κ3) is 3.01. The molecule has 2 unspecified atom stereocenters. The zero-order valence-electron chi connectivity index (χ0n) is 12.7. The maximum absolute atomic E-state index is 12.7. The second-order valence-corrected chi connectivity index (χ2v) is 5.70. The molecule has 1 aromatic carbocycles. The number of hydrogen-bond acceptors (Lipinski definition) is 2. The van der Waals surface area contributed by atoms with E-state index in [1.165, 1.54) is 4.90 Å². The molecule has 2 atom stereocenters. The first-order valence-electron chi connectivity index (χ1n) is 7.30. The molecule has 114 valence electrons. The van der Waals surface area contributed by atoms with E-state index in [1.54, 1.807) is 18.9 Å². The summed E-state index contributed by atoms with van der Waals surface area (Å²) < 4.78 is 0. The maximum Gasteiger partial charge on any atom is 0.326 e. The molecule has 0 aromatic heterocycles. The second-order valence-electron chi connectivity index (χ2n) is 5.70. The first-order chi connectivity index (χ1) is 9.95. The number of amides is 2. The topological polar surface area (TPSA) is 60.9 Å². The molecule has 1 aromatic rings. The summed E-state index contributed by atoms with van der Waals surface area (Å²) in [6.45, 7) is 4.50. The highest BCUT2D eigenvalue weighted by atomic mass is 16.4. The predicted octanol–water partition coefficient (Wildman–Crippen LogP) is 2.60. The molecule has 5 nitrogen and oxygen atoms in total. The molecule has 0 saturated heterocycles. The lowest BCUT2D eigenvalue weighted by molar-refractivity contribution is -0.141. The number of aliphatic carboxylic acids is 1. The van der Waals surface area contributed by atoms with E-state index in [1.807, 2.05) is 24.3 Å². The molecule has 0 saturated carbocycles. The molecule has 0 bridgehead atoms. The number of likely N-dealkylation sites (N-methyl/N-ethyl adjacent to an activating group) is 1. The van der Waals surface area contributed by atoms with Crippen molar-refractivity contribution in [2.45, 2.75) is 32.7 Å². The van der Waals surface area contributed by atoms with Gasteiger partial charge in [-0.3, -0.25) is 4.90 Å². The van der Waals surface area contributed by atoms with Crippen LogP contribution in [0.2, 0.25) is 0 Å². The van der Waals surface area contributed by atoms with Crippen LogP contribution < -0.4 is 4.90 Å². The van der Waals surface area contributed by atoms with E-state index in [4.69, 9.17) is 0 Å². The Bertz CT molecular complexity index is 544. The number of carboxylic acid groups (broad SMARTS) is 1. The first-order valence-corrected chi connectivity index (χ1v) is 7.30. The van der Waals surface area contributed by atoms with Crippen molar-refractivity contribution in [2.75, 3.05) is 18.5 Å².